The number of carbonyl (C=O) groups excluding carboxylic acids is 1. The Kier molecular flexibility index (Phi) is 6.89. The Hall–Kier alpha value is -3.21. The van der Waals surface area contributed by atoms with Crippen LogP contribution in [0.1, 0.15) is 28.7 Å². The van der Waals surface area contributed by atoms with Crippen LogP contribution in [0.3, 0.4) is 0 Å². The first-order chi connectivity index (χ1) is 16.7. The minimum Gasteiger partial charge on any atom is -0.379 e. The van der Waals surface area contributed by atoms with Crippen LogP contribution in [0.25, 0.3) is 10.6 Å². The SMILES string of the molecule is CN1C(c2ccccc2)=C(c2ncn[nH]2)SC1c1ccnc(NC(=O)CCN2CCOCC2)c1. The smallest absolute Gasteiger partial charge is 0.226 e. The number of anilines is 1. The summed E-state index contributed by atoms with van der Waals surface area (Å²) in [7, 11) is 2.07. The third-order valence-electron chi connectivity index (χ3n) is 5.92. The zero-order chi connectivity index (χ0) is 23.3. The van der Waals surface area contributed by atoms with Gasteiger partial charge in [0.15, 0.2) is 5.82 Å². The number of nitrogens with zero attached hydrogens (tertiary/aromatic N) is 5. The molecule has 5 rings (SSSR count). The summed E-state index contributed by atoms with van der Waals surface area (Å²) in [6.45, 7) is 3.92. The maximum absolute atomic E-state index is 12.5. The number of hydrogen-bond acceptors (Lipinski definition) is 8. The van der Waals surface area contributed by atoms with E-state index in [9.17, 15) is 4.79 Å². The van der Waals surface area contributed by atoms with Gasteiger partial charge >= 0.3 is 0 Å². The number of pyridine rings is 1. The summed E-state index contributed by atoms with van der Waals surface area (Å²) in [5.74, 6) is 1.27. The maximum Gasteiger partial charge on any atom is 0.226 e. The van der Waals surface area contributed by atoms with E-state index in [0.717, 1.165) is 60.4 Å². The first-order valence-corrected chi connectivity index (χ1v) is 12.2. The number of morpholine rings is 1. The molecule has 2 N–H and O–H groups in total. The van der Waals surface area contributed by atoms with Gasteiger partial charge in [-0.15, -0.1) is 0 Å². The number of H-pyrrole nitrogens is 1. The Morgan fingerprint density at radius 3 is 2.79 bits per heavy atom. The topological polar surface area (TPSA) is 99.3 Å². The van der Waals surface area contributed by atoms with Gasteiger partial charge in [0, 0.05) is 39.3 Å². The molecule has 1 unspecified atom stereocenters. The van der Waals surface area contributed by atoms with Crippen LogP contribution in [0.4, 0.5) is 5.82 Å². The molecule has 1 saturated heterocycles. The zero-order valence-electron chi connectivity index (χ0n) is 19.0. The summed E-state index contributed by atoms with van der Waals surface area (Å²) in [5, 5.41) is 10.0. The normalized spacial score (nSPS) is 19.0. The molecule has 0 saturated carbocycles. The van der Waals surface area contributed by atoms with E-state index in [4.69, 9.17) is 4.74 Å². The average molecular weight is 478 g/mol. The summed E-state index contributed by atoms with van der Waals surface area (Å²) in [6, 6.07) is 14.2. The van der Waals surface area contributed by atoms with Crippen molar-refractivity contribution in [3.8, 4) is 0 Å². The molecular formula is C24H27N7O2S. The second kappa shape index (κ2) is 10.4. The van der Waals surface area contributed by atoms with Crippen molar-refractivity contribution in [1.29, 1.82) is 0 Å². The molecule has 2 aromatic heterocycles. The average Bonchev–Trinajstić information content (AvgIpc) is 3.52. The van der Waals surface area contributed by atoms with Gasteiger partial charge in [-0.2, -0.15) is 5.10 Å². The van der Waals surface area contributed by atoms with E-state index in [-0.39, 0.29) is 11.3 Å². The predicted molar refractivity (Wildman–Crippen MR) is 132 cm³/mol. The van der Waals surface area contributed by atoms with Crippen LogP contribution in [0, 0.1) is 0 Å². The molecule has 34 heavy (non-hydrogen) atoms. The molecule has 1 atom stereocenters. The molecule has 176 valence electrons. The fraction of sp³-hybridized carbons (Fsp3) is 0.333. The molecular weight excluding hydrogens is 450 g/mol. The second-order valence-corrected chi connectivity index (χ2v) is 9.28. The summed E-state index contributed by atoms with van der Waals surface area (Å²) in [5.41, 5.74) is 3.24. The lowest BCUT2D eigenvalue weighted by Gasteiger charge is -2.26. The number of ether oxygens (including phenoxy) is 1. The second-order valence-electron chi connectivity index (χ2n) is 8.19. The number of hydrogen-bond donors (Lipinski definition) is 2. The number of aromatic amines is 1. The lowest BCUT2D eigenvalue weighted by molar-refractivity contribution is -0.116. The quantitative estimate of drug-likeness (QED) is 0.536. The van der Waals surface area contributed by atoms with Crippen molar-refractivity contribution < 1.29 is 9.53 Å². The van der Waals surface area contributed by atoms with E-state index >= 15 is 0 Å². The van der Waals surface area contributed by atoms with Crippen LogP contribution < -0.4 is 5.32 Å². The van der Waals surface area contributed by atoms with E-state index in [2.05, 4.69) is 54.5 Å². The molecule has 4 heterocycles. The van der Waals surface area contributed by atoms with Gasteiger partial charge in [-0.1, -0.05) is 42.1 Å². The van der Waals surface area contributed by atoms with Crippen LogP contribution >= 0.6 is 11.8 Å². The van der Waals surface area contributed by atoms with Crippen LogP contribution in [-0.2, 0) is 9.53 Å². The largest absolute Gasteiger partial charge is 0.379 e. The first kappa shape index (κ1) is 22.6. The lowest BCUT2D eigenvalue weighted by atomic mass is 10.1. The van der Waals surface area contributed by atoms with Gasteiger partial charge in [-0.25, -0.2) is 9.97 Å². The molecule has 3 aromatic rings. The Morgan fingerprint density at radius 2 is 2.03 bits per heavy atom. The predicted octanol–water partition coefficient (Wildman–Crippen LogP) is 3.06. The minimum absolute atomic E-state index is 0.00214. The lowest BCUT2D eigenvalue weighted by Crippen LogP contribution is -2.38. The number of thioether (sulfide) groups is 1. The van der Waals surface area contributed by atoms with E-state index in [1.54, 1.807) is 18.0 Å². The highest BCUT2D eigenvalue weighted by Gasteiger charge is 2.34. The van der Waals surface area contributed by atoms with Crippen LogP contribution in [0.2, 0.25) is 0 Å². The Balaban J connectivity index is 1.31. The van der Waals surface area contributed by atoms with Crippen molar-refractivity contribution in [1.82, 2.24) is 30.0 Å². The summed E-state index contributed by atoms with van der Waals surface area (Å²) in [4.78, 5) is 26.8. The molecule has 1 fully saturated rings. The van der Waals surface area contributed by atoms with Gasteiger partial charge in [0.2, 0.25) is 5.91 Å². The highest BCUT2D eigenvalue weighted by atomic mass is 32.2. The van der Waals surface area contributed by atoms with E-state index < -0.39 is 0 Å². The van der Waals surface area contributed by atoms with Gasteiger partial charge in [-0.3, -0.25) is 14.8 Å². The van der Waals surface area contributed by atoms with Gasteiger partial charge in [-0.05, 0) is 23.3 Å². The van der Waals surface area contributed by atoms with Gasteiger partial charge in [0.1, 0.15) is 17.5 Å². The molecule has 0 radical (unpaired) electrons. The third-order valence-corrected chi connectivity index (χ3v) is 7.36. The summed E-state index contributed by atoms with van der Waals surface area (Å²) in [6.07, 6.45) is 3.70. The molecule has 9 nitrogen and oxygen atoms in total. The third kappa shape index (κ3) is 4.98. The highest BCUT2D eigenvalue weighted by molar-refractivity contribution is 8.09. The summed E-state index contributed by atoms with van der Waals surface area (Å²) < 4.78 is 5.37. The molecule has 1 aromatic carbocycles. The van der Waals surface area contributed by atoms with Crippen LogP contribution in [0.5, 0.6) is 0 Å². The fourth-order valence-electron chi connectivity index (χ4n) is 4.19. The van der Waals surface area contributed by atoms with Crippen molar-refractivity contribution in [2.24, 2.45) is 0 Å². The maximum atomic E-state index is 12.5. The van der Waals surface area contributed by atoms with Crippen molar-refractivity contribution >= 4 is 34.1 Å². The number of rotatable bonds is 7. The number of benzene rings is 1. The van der Waals surface area contributed by atoms with Crippen molar-refractivity contribution in [2.45, 2.75) is 11.8 Å². The highest BCUT2D eigenvalue weighted by Crippen LogP contribution is 2.53. The number of nitrogens with one attached hydrogen (secondary N) is 2. The van der Waals surface area contributed by atoms with Crippen LogP contribution in [-0.4, -0.2) is 75.8 Å². The van der Waals surface area contributed by atoms with Crippen molar-refractivity contribution in [2.75, 3.05) is 45.2 Å². The van der Waals surface area contributed by atoms with E-state index in [0.29, 0.717) is 12.2 Å². The van der Waals surface area contributed by atoms with E-state index in [1.165, 1.54) is 6.33 Å². The van der Waals surface area contributed by atoms with Gasteiger partial charge in [0.25, 0.3) is 0 Å². The monoisotopic (exact) mass is 477 g/mol. The molecule has 0 spiro atoms. The molecule has 2 aliphatic heterocycles. The Morgan fingerprint density at radius 1 is 1.21 bits per heavy atom. The standard InChI is InChI=1S/C24H27N7O2S/c1-30-21(17-5-3-2-4-6-17)22(23-26-16-27-29-23)34-24(30)18-7-9-25-19(15-18)28-20(32)8-10-31-11-13-33-14-12-31/h2-7,9,15-16,24H,8,10-14H2,1H3,(H,25,28,32)(H,26,27,29). The Bertz CT molecular complexity index is 1150. The van der Waals surface area contributed by atoms with Gasteiger partial charge in [0.05, 0.1) is 23.8 Å². The minimum atomic E-state index is -0.0333. The molecule has 1 amide bonds. The van der Waals surface area contributed by atoms with Crippen molar-refractivity contribution in [3.63, 3.8) is 0 Å². The first-order valence-electron chi connectivity index (χ1n) is 11.3. The van der Waals surface area contributed by atoms with E-state index in [1.807, 2.05) is 30.3 Å². The zero-order valence-corrected chi connectivity index (χ0v) is 19.8. The molecule has 10 heteroatoms. The molecule has 0 bridgehead atoms. The number of amides is 1. The van der Waals surface area contributed by atoms with Crippen LogP contribution in [0.15, 0.2) is 55.0 Å². The van der Waals surface area contributed by atoms with Gasteiger partial charge < -0.3 is 15.0 Å². The molecule has 0 aliphatic carbocycles. The summed E-state index contributed by atoms with van der Waals surface area (Å²) >= 11 is 1.70. The number of aromatic nitrogens is 4. The molecule has 2 aliphatic rings. The van der Waals surface area contributed by atoms with Crippen molar-refractivity contribution in [3.05, 3.63) is 71.9 Å². The fourth-order valence-corrected chi connectivity index (χ4v) is 5.54. The number of carbonyl (C=O) groups is 1. The Labute approximate surface area is 202 Å².